The number of hydrogen-bond donors (Lipinski definition) is 2. The summed E-state index contributed by atoms with van der Waals surface area (Å²) in [4.78, 5) is 25.2. The third-order valence-electron chi connectivity index (χ3n) is 3.85. The Morgan fingerprint density at radius 3 is 2.78 bits per heavy atom. The summed E-state index contributed by atoms with van der Waals surface area (Å²) >= 11 is 0. The van der Waals surface area contributed by atoms with E-state index in [0.29, 0.717) is 36.5 Å². The van der Waals surface area contributed by atoms with Gasteiger partial charge in [0, 0.05) is 12.1 Å². The predicted octanol–water partition coefficient (Wildman–Crippen LogP) is 1.46. The van der Waals surface area contributed by atoms with Crippen LogP contribution in [-0.4, -0.2) is 44.7 Å². The number of nitrogens with zero attached hydrogens (tertiary/aromatic N) is 2. The number of rotatable bonds is 4. The summed E-state index contributed by atoms with van der Waals surface area (Å²) in [5, 5.41) is 15.6. The first-order valence-electron chi connectivity index (χ1n) is 7.36. The highest BCUT2D eigenvalue weighted by Gasteiger charge is 2.29. The number of carboxylic acid groups (broad SMARTS) is 1. The van der Waals surface area contributed by atoms with Crippen LogP contribution in [0, 0.1) is 0 Å². The summed E-state index contributed by atoms with van der Waals surface area (Å²) in [6.45, 7) is 2.48. The Labute approximate surface area is 132 Å². The lowest BCUT2D eigenvalue weighted by atomic mass is 10.0. The third-order valence-corrected chi connectivity index (χ3v) is 3.85. The van der Waals surface area contributed by atoms with Gasteiger partial charge in [-0.25, -0.2) is 4.79 Å². The Bertz CT molecular complexity index is 726. The quantitative estimate of drug-likeness (QED) is 0.890. The number of amides is 1. The van der Waals surface area contributed by atoms with Crippen molar-refractivity contribution in [2.24, 2.45) is 0 Å². The largest absolute Gasteiger partial charge is 0.481 e. The Kier molecular flexibility index (Phi) is 4.01. The van der Waals surface area contributed by atoms with Gasteiger partial charge in [0.1, 0.15) is 5.75 Å². The molecule has 23 heavy (non-hydrogen) atoms. The van der Waals surface area contributed by atoms with Crippen LogP contribution in [0.2, 0.25) is 0 Å². The molecule has 1 unspecified atom stereocenters. The Morgan fingerprint density at radius 2 is 2.09 bits per heavy atom. The maximum absolute atomic E-state index is 12.5. The first kappa shape index (κ1) is 15.1. The minimum Gasteiger partial charge on any atom is -0.481 e. The van der Waals surface area contributed by atoms with Gasteiger partial charge >= 0.3 is 5.97 Å². The molecule has 1 aromatic carbocycles. The van der Waals surface area contributed by atoms with Crippen molar-refractivity contribution in [3.63, 3.8) is 0 Å². The van der Waals surface area contributed by atoms with Crippen LogP contribution in [0.1, 0.15) is 28.7 Å². The van der Waals surface area contributed by atoms with Gasteiger partial charge in [-0.15, -0.1) is 0 Å². The second kappa shape index (κ2) is 6.12. The van der Waals surface area contributed by atoms with Crippen LogP contribution in [0.15, 0.2) is 30.3 Å². The zero-order valence-electron chi connectivity index (χ0n) is 12.7. The molecule has 0 saturated carbocycles. The molecule has 0 radical (unpaired) electrons. The van der Waals surface area contributed by atoms with E-state index in [1.807, 2.05) is 18.2 Å². The Hall–Kier alpha value is -2.83. The summed E-state index contributed by atoms with van der Waals surface area (Å²) in [6, 6.07) is 9.16. The average molecular weight is 315 g/mol. The normalized spacial score (nSPS) is 14.9. The zero-order chi connectivity index (χ0) is 16.4. The van der Waals surface area contributed by atoms with Crippen LogP contribution in [0.4, 0.5) is 0 Å². The zero-order valence-corrected chi connectivity index (χ0v) is 12.7. The number of aromatic carboxylic acids is 1. The van der Waals surface area contributed by atoms with E-state index in [1.165, 1.54) is 0 Å². The van der Waals surface area contributed by atoms with Gasteiger partial charge in [0.05, 0.1) is 12.2 Å². The maximum atomic E-state index is 12.5. The van der Waals surface area contributed by atoms with Gasteiger partial charge in [0.2, 0.25) is 0 Å². The number of para-hydroxylation sites is 1. The van der Waals surface area contributed by atoms with Crippen molar-refractivity contribution in [1.29, 1.82) is 0 Å². The SMILES string of the molecule is CC(Oc1ccccc1)C(=O)N1CCc2c(C(=O)O)n[nH]c2C1. The Morgan fingerprint density at radius 1 is 1.35 bits per heavy atom. The topological polar surface area (TPSA) is 95.5 Å². The van der Waals surface area contributed by atoms with Crippen LogP contribution in [0.5, 0.6) is 5.75 Å². The highest BCUT2D eigenvalue weighted by Crippen LogP contribution is 2.21. The highest BCUT2D eigenvalue weighted by atomic mass is 16.5. The number of fused-ring (bicyclic) bond motifs is 1. The monoisotopic (exact) mass is 315 g/mol. The van der Waals surface area contributed by atoms with Gasteiger partial charge in [-0.05, 0) is 25.5 Å². The van der Waals surface area contributed by atoms with E-state index >= 15 is 0 Å². The second-order valence-corrected chi connectivity index (χ2v) is 5.42. The van der Waals surface area contributed by atoms with Crippen molar-refractivity contribution in [1.82, 2.24) is 15.1 Å². The summed E-state index contributed by atoms with van der Waals surface area (Å²) in [6.07, 6.45) is -0.141. The summed E-state index contributed by atoms with van der Waals surface area (Å²) in [5.74, 6) is -0.546. The standard InChI is InChI=1S/C16H17N3O4/c1-10(23-11-5-3-2-4-6-11)15(20)19-8-7-12-13(9-19)17-18-14(12)16(21)22/h2-6,10H,7-9H2,1H3,(H,17,18)(H,21,22). The van der Waals surface area contributed by atoms with Crippen molar-refractivity contribution < 1.29 is 19.4 Å². The molecule has 1 aliphatic rings. The first-order valence-corrected chi connectivity index (χ1v) is 7.36. The van der Waals surface area contributed by atoms with Crippen LogP contribution in [0.25, 0.3) is 0 Å². The summed E-state index contributed by atoms with van der Waals surface area (Å²) in [5.41, 5.74) is 1.40. The van der Waals surface area contributed by atoms with Crippen molar-refractivity contribution in [2.75, 3.05) is 6.54 Å². The summed E-state index contributed by atoms with van der Waals surface area (Å²) in [7, 11) is 0. The van der Waals surface area contributed by atoms with E-state index in [4.69, 9.17) is 9.84 Å². The van der Waals surface area contributed by atoms with E-state index in [9.17, 15) is 9.59 Å². The first-order chi connectivity index (χ1) is 11.1. The number of nitrogens with one attached hydrogen (secondary N) is 1. The highest BCUT2D eigenvalue weighted by molar-refractivity contribution is 5.88. The molecule has 0 aliphatic carbocycles. The number of carbonyl (C=O) groups is 2. The van der Waals surface area contributed by atoms with Crippen molar-refractivity contribution >= 4 is 11.9 Å². The number of H-pyrrole nitrogens is 1. The number of aromatic amines is 1. The van der Waals surface area contributed by atoms with Crippen LogP contribution in [0.3, 0.4) is 0 Å². The average Bonchev–Trinajstić information content (AvgIpc) is 2.98. The van der Waals surface area contributed by atoms with Gasteiger partial charge < -0.3 is 14.7 Å². The van der Waals surface area contributed by atoms with Gasteiger partial charge in [0.25, 0.3) is 5.91 Å². The number of carbonyl (C=O) groups excluding carboxylic acids is 1. The molecular formula is C16H17N3O4. The lowest BCUT2D eigenvalue weighted by Crippen LogP contribution is -2.43. The smallest absolute Gasteiger partial charge is 0.356 e. The fourth-order valence-corrected chi connectivity index (χ4v) is 2.69. The third kappa shape index (κ3) is 3.03. The fraction of sp³-hybridized carbons (Fsp3) is 0.312. The molecule has 7 nitrogen and oxygen atoms in total. The van der Waals surface area contributed by atoms with E-state index in [-0.39, 0.29) is 11.6 Å². The lowest BCUT2D eigenvalue weighted by molar-refractivity contribution is -0.139. The summed E-state index contributed by atoms with van der Waals surface area (Å²) < 4.78 is 5.65. The van der Waals surface area contributed by atoms with Gasteiger partial charge in [-0.1, -0.05) is 18.2 Å². The Balaban J connectivity index is 1.68. The number of hydrogen-bond acceptors (Lipinski definition) is 4. The van der Waals surface area contributed by atoms with Crippen LogP contribution in [-0.2, 0) is 17.8 Å². The predicted molar refractivity (Wildman–Crippen MR) is 81.2 cm³/mol. The van der Waals surface area contributed by atoms with Crippen molar-refractivity contribution in [3.8, 4) is 5.75 Å². The van der Waals surface area contributed by atoms with Gasteiger partial charge in [-0.2, -0.15) is 5.10 Å². The fourth-order valence-electron chi connectivity index (χ4n) is 2.69. The van der Waals surface area contributed by atoms with Crippen molar-refractivity contribution in [2.45, 2.75) is 26.0 Å². The minimum absolute atomic E-state index is 0.0423. The van der Waals surface area contributed by atoms with E-state index in [0.717, 1.165) is 0 Å². The molecule has 2 aromatic rings. The molecule has 120 valence electrons. The van der Waals surface area contributed by atoms with Crippen molar-refractivity contribution in [3.05, 3.63) is 47.3 Å². The molecule has 2 heterocycles. The lowest BCUT2D eigenvalue weighted by Gasteiger charge is -2.29. The number of benzene rings is 1. The molecule has 3 rings (SSSR count). The van der Waals surface area contributed by atoms with E-state index in [1.54, 1.807) is 24.0 Å². The maximum Gasteiger partial charge on any atom is 0.356 e. The molecule has 1 amide bonds. The van der Waals surface area contributed by atoms with Crippen LogP contribution >= 0.6 is 0 Å². The molecule has 0 spiro atoms. The second-order valence-electron chi connectivity index (χ2n) is 5.42. The molecule has 2 N–H and O–H groups in total. The molecule has 7 heteroatoms. The molecule has 1 atom stereocenters. The van der Waals surface area contributed by atoms with Gasteiger partial charge in [-0.3, -0.25) is 9.89 Å². The molecule has 1 aliphatic heterocycles. The molecule has 0 fully saturated rings. The van der Waals surface area contributed by atoms with E-state index < -0.39 is 12.1 Å². The van der Waals surface area contributed by atoms with Gasteiger partial charge in [0.15, 0.2) is 11.8 Å². The number of ether oxygens (including phenoxy) is 1. The van der Waals surface area contributed by atoms with Crippen LogP contribution < -0.4 is 4.74 Å². The molecule has 1 aromatic heterocycles. The van der Waals surface area contributed by atoms with E-state index in [2.05, 4.69) is 10.2 Å². The molecule has 0 bridgehead atoms. The number of aromatic nitrogens is 2. The molecule has 0 saturated heterocycles. The molecular weight excluding hydrogens is 298 g/mol. The number of carboxylic acids is 1. The minimum atomic E-state index is -1.05.